The molecule has 0 saturated carbocycles. The molecule has 140 valence electrons. The molecule has 5 nitrogen and oxygen atoms in total. The molecule has 2 heterocycles. The molecule has 1 aliphatic rings. The highest BCUT2D eigenvalue weighted by molar-refractivity contribution is 6.31. The van der Waals surface area contributed by atoms with E-state index in [1.165, 1.54) is 12.1 Å². The Morgan fingerprint density at radius 1 is 1.23 bits per heavy atom. The molecule has 7 heteroatoms. The van der Waals surface area contributed by atoms with E-state index < -0.39 is 6.04 Å². The van der Waals surface area contributed by atoms with Crippen molar-refractivity contribution < 1.29 is 9.18 Å². The highest BCUT2D eigenvalue weighted by Gasteiger charge is 2.28. The maximum absolute atomic E-state index is 13.1. The average Bonchev–Trinajstić information content (AvgIpc) is 2.96. The van der Waals surface area contributed by atoms with Gasteiger partial charge in [-0.15, -0.1) is 0 Å². The number of piperazine rings is 1. The summed E-state index contributed by atoms with van der Waals surface area (Å²) in [5.41, 5.74) is 1.76. The zero-order valence-corrected chi connectivity index (χ0v) is 15.9. The minimum absolute atomic E-state index is 0.206. The molecule has 1 fully saturated rings. The molecule has 0 aliphatic carbocycles. The second-order valence-corrected chi connectivity index (χ2v) is 7.31. The van der Waals surface area contributed by atoms with Gasteiger partial charge in [-0.3, -0.25) is 9.58 Å². The standard InChI is InChI=1S/C19H24ClFN4O/c1-14(15-3-5-16(21)6-4-15)11-24-7-9-25(10-8-24)18(13-26)19-17(20)12-23(2)22-19/h3-6,12-14,18H,7-11H2,1-2H3. The predicted molar refractivity (Wildman–Crippen MR) is 99.9 cm³/mol. The normalized spacial score (nSPS) is 18.6. The first-order valence-electron chi connectivity index (χ1n) is 8.84. The number of benzene rings is 1. The van der Waals surface area contributed by atoms with Gasteiger partial charge in [0.2, 0.25) is 0 Å². The summed E-state index contributed by atoms with van der Waals surface area (Å²) in [5, 5.41) is 4.86. The maximum Gasteiger partial charge on any atom is 0.143 e. The summed E-state index contributed by atoms with van der Waals surface area (Å²) in [6.45, 7) is 6.39. The molecule has 1 saturated heterocycles. The van der Waals surface area contributed by atoms with E-state index in [1.807, 2.05) is 12.1 Å². The fourth-order valence-electron chi connectivity index (χ4n) is 3.51. The second-order valence-electron chi connectivity index (χ2n) is 6.91. The Labute approximate surface area is 158 Å². The largest absolute Gasteiger partial charge is 0.301 e. The SMILES string of the molecule is CC(CN1CCN(C(C=O)c2nn(C)cc2Cl)CC1)c1ccc(F)cc1. The molecule has 1 aromatic heterocycles. The third-order valence-corrected chi connectivity index (χ3v) is 5.28. The monoisotopic (exact) mass is 378 g/mol. The minimum Gasteiger partial charge on any atom is -0.301 e. The zero-order valence-electron chi connectivity index (χ0n) is 15.1. The van der Waals surface area contributed by atoms with Gasteiger partial charge in [-0.2, -0.15) is 5.10 Å². The van der Waals surface area contributed by atoms with Crippen LogP contribution in [0.4, 0.5) is 4.39 Å². The van der Waals surface area contributed by atoms with E-state index in [0.29, 0.717) is 16.6 Å². The van der Waals surface area contributed by atoms with Gasteiger partial charge in [0.1, 0.15) is 23.8 Å². The summed E-state index contributed by atoms with van der Waals surface area (Å²) >= 11 is 6.21. The molecule has 0 spiro atoms. The molecular weight excluding hydrogens is 355 g/mol. The first-order chi connectivity index (χ1) is 12.5. The van der Waals surface area contributed by atoms with E-state index in [1.54, 1.807) is 17.9 Å². The molecule has 0 radical (unpaired) electrons. The van der Waals surface area contributed by atoms with Crippen LogP contribution in [-0.4, -0.2) is 58.6 Å². The Kier molecular flexibility index (Phi) is 6.06. The Hall–Kier alpha value is -1.76. The van der Waals surface area contributed by atoms with E-state index in [4.69, 9.17) is 11.6 Å². The number of carbonyl (C=O) groups is 1. The lowest BCUT2D eigenvalue weighted by Gasteiger charge is -2.38. The van der Waals surface area contributed by atoms with Crippen molar-refractivity contribution in [2.24, 2.45) is 7.05 Å². The van der Waals surface area contributed by atoms with Crippen LogP contribution in [0.5, 0.6) is 0 Å². The van der Waals surface area contributed by atoms with Crippen LogP contribution >= 0.6 is 11.6 Å². The van der Waals surface area contributed by atoms with Crippen molar-refractivity contribution in [3.63, 3.8) is 0 Å². The Morgan fingerprint density at radius 3 is 2.42 bits per heavy atom. The van der Waals surface area contributed by atoms with Gasteiger partial charge in [-0.25, -0.2) is 4.39 Å². The molecular formula is C19H24ClFN4O. The van der Waals surface area contributed by atoms with E-state index in [-0.39, 0.29) is 5.82 Å². The second kappa shape index (κ2) is 8.29. The van der Waals surface area contributed by atoms with Crippen molar-refractivity contribution in [3.8, 4) is 0 Å². The van der Waals surface area contributed by atoms with Crippen LogP contribution in [0.1, 0.15) is 30.1 Å². The van der Waals surface area contributed by atoms with Gasteiger partial charge in [-0.05, 0) is 23.6 Å². The molecule has 2 atom stereocenters. The predicted octanol–water partition coefficient (Wildman–Crippen LogP) is 2.87. The zero-order chi connectivity index (χ0) is 18.7. The van der Waals surface area contributed by atoms with Gasteiger partial charge < -0.3 is 9.69 Å². The molecule has 0 N–H and O–H groups in total. The van der Waals surface area contributed by atoms with Crippen LogP contribution in [0.15, 0.2) is 30.5 Å². The van der Waals surface area contributed by atoms with Crippen LogP contribution < -0.4 is 0 Å². The van der Waals surface area contributed by atoms with Crippen LogP contribution in [-0.2, 0) is 11.8 Å². The molecule has 2 unspecified atom stereocenters. The van der Waals surface area contributed by atoms with Crippen molar-refractivity contribution in [2.45, 2.75) is 18.9 Å². The topological polar surface area (TPSA) is 41.4 Å². The molecule has 0 bridgehead atoms. The van der Waals surface area contributed by atoms with Crippen LogP contribution in [0.25, 0.3) is 0 Å². The van der Waals surface area contributed by atoms with Crippen molar-refractivity contribution in [2.75, 3.05) is 32.7 Å². The fourth-order valence-corrected chi connectivity index (χ4v) is 3.80. The van der Waals surface area contributed by atoms with Gasteiger partial charge in [0.25, 0.3) is 0 Å². The quantitative estimate of drug-likeness (QED) is 0.725. The number of carbonyl (C=O) groups excluding carboxylic acids is 1. The summed E-state index contributed by atoms with van der Waals surface area (Å²) < 4.78 is 14.7. The molecule has 3 rings (SSSR count). The van der Waals surface area contributed by atoms with Gasteiger partial charge >= 0.3 is 0 Å². The Morgan fingerprint density at radius 2 is 1.88 bits per heavy atom. The summed E-state index contributed by atoms with van der Waals surface area (Å²) in [4.78, 5) is 16.2. The number of hydrogen-bond acceptors (Lipinski definition) is 4. The highest BCUT2D eigenvalue weighted by atomic mass is 35.5. The lowest BCUT2D eigenvalue weighted by Crippen LogP contribution is -2.48. The number of rotatable bonds is 6. The van der Waals surface area contributed by atoms with E-state index in [2.05, 4.69) is 21.8 Å². The van der Waals surface area contributed by atoms with Crippen LogP contribution in [0, 0.1) is 5.82 Å². The summed E-state index contributed by atoms with van der Waals surface area (Å²) in [5.74, 6) is 0.122. The third-order valence-electron chi connectivity index (χ3n) is 4.99. The van der Waals surface area contributed by atoms with E-state index in [0.717, 1.165) is 44.6 Å². The number of aromatic nitrogens is 2. The smallest absolute Gasteiger partial charge is 0.143 e. The molecule has 1 aliphatic heterocycles. The summed E-state index contributed by atoms with van der Waals surface area (Å²) in [7, 11) is 1.80. The van der Waals surface area contributed by atoms with Crippen molar-refractivity contribution in [3.05, 3.63) is 52.6 Å². The van der Waals surface area contributed by atoms with E-state index in [9.17, 15) is 9.18 Å². The fraction of sp³-hybridized carbons (Fsp3) is 0.474. The minimum atomic E-state index is -0.402. The maximum atomic E-state index is 13.1. The Balaban J connectivity index is 1.57. The third kappa shape index (κ3) is 4.31. The number of aldehydes is 1. The number of aryl methyl sites for hydroxylation is 1. The summed E-state index contributed by atoms with van der Waals surface area (Å²) in [6, 6.07) is 6.31. The molecule has 1 aromatic carbocycles. The van der Waals surface area contributed by atoms with Crippen LogP contribution in [0.2, 0.25) is 5.02 Å². The molecule has 0 amide bonds. The summed E-state index contributed by atoms with van der Waals surface area (Å²) in [6.07, 6.45) is 2.64. The van der Waals surface area contributed by atoms with Gasteiger partial charge in [0.15, 0.2) is 0 Å². The van der Waals surface area contributed by atoms with Crippen molar-refractivity contribution in [1.82, 2.24) is 19.6 Å². The van der Waals surface area contributed by atoms with Gasteiger partial charge in [0.05, 0.1) is 5.02 Å². The van der Waals surface area contributed by atoms with Crippen LogP contribution in [0.3, 0.4) is 0 Å². The number of halogens is 2. The molecule has 2 aromatic rings. The first-order valence-corrected chi connectivity index (χ1v) is 9.22. The van der Waals surface area contributed by atoms with Crippen molar-refractivity contribution in [1.29, 1.82) is 0 Å². The van der Waals surface area contributed by atoms with E-state index >= 15 is 0 Å². The lowest BCUT2D eigenvalue weighted by molar-refractivity contribution is -0.113. The van der Waals surface area contributed by atoms with Gasteiger partial charge in [0, 0.05) is 46.0 Å². The molecule has 26 heavy (non-hydrogen) atoms. The first kappa shape index (κ1) is 19.0. The van der Waals surface area contributed by atoms with Gasteiger partial charge in [-0.1, -0.05) is 30.7 Å². The highest BCUT2D eigenvalue weighted by Crippen LogP contribution is 2.26. The van der Waals surface area contributed by atoms with Crippen molar-refractivity contribution >= 4 is 17.9 Å². The average molecular weight is 379 g/mol. The Bertz CT molecular complexity index is 740. The number of hydrogen-bond donors (Lipinski definition) is 0. The number of nitrogens with zero attached hydrogens (tertiary/aromatic N) is 4. The lowest BCUT2D eigenvalue weighted by atomic mass is 10.00.